The predicted molar refractivity (Wildman–Crippen MR) is 48.7 cm³/mol. The molecule has 0 N–H and O–H groups in total. The Labute approximate surface area is 72.3 Å². The van der Waals surface area contributed by atoms with E-state index in [1.54, 1.807) is 7.11 Å². The van der Waals surface area contributed by atoms with Crippen molar-refractivity contribution in [3.05, 3.63) is 0 Å². The van der Waals surface area contributed by atoms with Crippen LogP contribution in [-0.2, 0) is 4.74 Å². The molecule has 1 unspecified atom stereocenters. The molecule has 0 aromatic carbocycles. The number of rotatable bonds is 2. The van der Waals surface area contributed by atoms with E-state index in [2.05, 4.69) is 43.6 Å². The van der Waals surface area contributed by atoms with E-state index in [0.717, 1.165) is 5.33 Å². The zero-order valence-electron chi connectivity index (χ0n) is 7.49. The lowest BCUT2D eigenvalue weighted by atomic mass is 9.79. The zero-order valence-corrected chi connectivity index (χ0v) is 9.08. The monoisotopic (exact) mass is 208 g/mol. The Hall–Kier alpha value is 0.440. The van der Waals surface area contributed by atoms with Crippen LogP contribution in [0.1, 0.15) is 27.7 Å². The minimum Gasteiger partial charge on any atom is -0.377 e. The van der Waals surface area contributed by atoms with E-state index >= 15 is 0 Å². The van der Waals surface area contributed by atoms with Crippen LogP contribution in [0.2, 0.25) is 0 Å². The van der Waals surface area contributed by atoms with Crippen molar-refractivity contribution < 1.29 is 4.74 Å². The second-order valence-corrected chi connectivity index (χ2v) is 4.38. The molecule has 0 saturated carbocycles. The van der Waals surface area contributed by atoms with Gasteiger partial charge in [-0.1, -0.05) is 36.7 Å². The Morgan fingerprint density at radius 2 is 1.60 bits per heavy atom. The molecule has 62 valence electrons. The topological polar surface area (TPSA) is 9.23 Å². The Bertz CT molecular complexity index is 100. The molecule has 0 spiro atoms. The second-order valence-electron chi connectivity index (χ2n) is 3.82. The van der Waals surface area contributed by atoms with Gasteiger partial charge in [0.25, 0.3) is 0 Å². The molecule has 0 heterocycles. The summed E-state index contributed by atoms with van der Waals surface area (Å²) < 4.78 is 5.40. The average molecular weight is 209 g/mol. The van der Waals surface area contributed by atoms with Gasteiger partial charge in [-0.15, -0.1) is 0 Å². The standard InChI is InChI=1S/C8H17BrO/c1-7(2,3)8(4,6-9)10-5/h6H2,1-5H3. The molecule has 0 aromatic rings. The number of halogens is 1. The molecule has 0 rings (SSSR count). The van der Waals surface area contributed by atoms with E-state index in [1.807, 2.05) is 0 Å². The smallest absolute Gasteiger partial charge is 0.0795 e. The predicted octanol–water partition coefficient (Wildman–Crippen LogP) is 2.83. The normalized spacial score (nSPS) is 18.6. The molecule has 10 heavy (non-hydrogen) atoms. The van der Waals surface area contributed by atoms with E-state index in [0.29, 0.717) is 0 Å². The van der Waals surface area contributed by atoms with Gasteiger partial charge < -0.3 is 4.74 Å². The molecule has 0 aliphatic heterocycles. The Balaban J connectivity index is 4.33. The van der Waals surface area contributed by atoms with Crippen molar-refractivity contribution in [2.75, 3.05) is 12.4 Å². The first kappa shape index (κ1) is 10.4. The van der Waals surface area contributed by atoms with Crippen LogP contribution in [0.15, 0.2) is 0 Å². The summed E-state index contributed by atoms with van der Waals surface area (Å²) in [4.78, 5) is 0. The van der Waals surface area contributed by atoms with E-state index in [9.17, 15) is 0 Å². The molecule has 0 saturated heterocycles. The molecular formula is C8H17BrO. The number of hydrogen-bond donors (Lipinski definition) is 0. The Morgan fingerprint density at radius 1 is 1.20 bits per heavy atom. The van der Waals surface area contributed by atoms with Crippen LogP contribution in [0.5, 0.6) is 0 Å². The van der Waals surface area contributed by atoms with Crippen molar-refractivity contribution in [2.24, 2.45) is 5.41 Å². The minimum atomic E-state index is -0.0625. The Kier molecular flexibility index (Phi) is 3.37. The molecule has 0 aromatic heterocycles. The summed E-state index contributed by atoms with van der Waals surface area (Å²) in [6.07, 6.45) is 0. The number of hydrogen-bond acceptors (Lipinski definition) is 1. The van der Waals surface area contributed by atoms with Gasteiger partial charge in [-0.25, -0.2) is 0 Å². The minimum absolute atomic E-state index is 0.0625. The first-order valence-corrected chi connectivity index (χ1v) is 4.60. The third-order valence-corrected chi connectivity index (χ3v) is 3.36. The largest absolute Gasteiger partial charge is 0.377 e. The van der Waals surface area contributed by atoms with Gasteiger partial charge in [-0.3, -0.25) is 0 Å². The van der Waals surface area contributed by atoms with Crippen LogP contribution in [0.3, 0.4) is 0 Å². The van der Waals surface area contributed by atoms with Gasteiger partial charge in [0.15, 0.2) is 0 Å². The van der Waals surface area contributed by atoms with Crippen molar-refractivity contribution in [1.29, 1.82) is 0 Å². The highest BCUT2D eigenvalue weighted by molar-refractivity contribution is 9.09. The fourth-order valence-corrected chi connectivity index (χ4v) is 1.63. The molecule has 2 heteroatoms. The number of alkyl halides is 1. The summed E-state index contributed by atoms with van der Waals surface area (Å²) in [5, 5.41) is 0.875. The van der Waals surface area contributed by atoms with E-state index in [-0.39, 0.29) is 11.0 Å². The molecule has 0 aliphatic rings. The van der Waals surface area contributed by atoms with Gasteiger partial charge in [0.2, 0.25) is 0 Å². The van der Waals surface area contributed by atoms with Gasteiger partial charge in [-0.05, 0) is 12.3 Å². The summed E-state index contributed by atoms with van der Waals surface area (Å²) in [5.41, 5.74) is 0.123. The molecule has 0 amide bonds. The average Bonchev–Trinajstić information content (AvgIpc) is 1.84. The molecule has 0 aliphatic carbocycles. The van der Waals surface area contributed by atoms with Gasteiger partial charge in [0.05, 0.1) is 5.60 Å². The van der Waals surface area contributed by atoms with Crippen molar-refractivity contribution >= 4 is 15.9 Å². The van der Waals surface area contributed by atoms with Crippen molar-refractivity contribution in [3.8, 4) is 0 Å². The zero-order chi connectivity index (χ0) is 8.41. The maximum absolute atomic E-state index is 5.40. The molecule has 0 bridgehead atoms. The van der Waals surface area contributed by atoms with Gasteiger partial charge >= 0.3 is 0 Å². The summed E-state index contributed by atoms with van der Waals surface area (Å²) in [7, 11) is 1.76. The quantitative estimate of drug-likeness (QED) is 0.635. The van der Waals surface area contributed by atoms with Crippen molar-refractivity contribution in [3.63, 3.8) is 0 Å². The number of ether oxygens (including phenoxy) is 1. The summed E-state index contributed by atoms with van der Waals surface area (Å²) in [6.45, 7) is 8.65. The highest BCUT2D eigenvalue weighted by atomic mass is 79.9. The first-order valence-electron chi connectivity index (χ1n) is 3.48. The van der Waals surface area contributed by atoms with E-state index < -0.39 is 0 Å². The van der Waals surface area contributed by atoms with Crippen LogP contribution in [0.4, 0.5) is 0 Å². The summed E-state index contributed by atoms with van der Waals surface area (Å²) in [5.74, 6) is 0. The molecule has 0 radical (unpaired) electrons. The van der Waals surface area contributed by atoms with E-state index in [4.69, 9.17) is 4.74 Å². The van der Waals surface area contributed by atoms with E-state index in [1.165, 1.54) is 0 Å². The summed E-state index contributed by atoms with van der Waals surface area (Å²) >= 11 is 3.44. The maximum atomic E-state index is 5.40. The lowest BCUT2D eigenvalue weighted by Crippen LogP contribution is -2.43. The lowest BCUT2D eigenvalue weighted by Gasteiger charge is -2.39. The third kappa shape index (κ3) is 1.96. The van der Waals surface area contributed by atoms with Crippen molar-refractivity contribution in [1.82, 2.24) is 0 Å². The maximum Gasteiger partial charge on any atom is 0.0795 e. The fourth-order valence-electron chi connectivity index (χ4n) is 0.561. The van der Waals surface area contributed by atoms with Crippen LogP contribution in [-0.4, -0.2) is 18.0 Å². The second kappa shape index (κ2) is 3.22. The molecule has 0 fully saturated rings. The Morgan fingerprint density at radius 3 is 1.60 bits per heavy atom. The first-order chi connectivity index (χ1) is 4.37. The van der Waals surface area contributed by atoms with Gasteiger partial charge in [0, 0.05) is 12.4 Å². The number of methoxy groups -OCH3 is 1. The molecule has 1 atom stereocenters. The van der Waals surface area contributed by atoms with Crippen LogP contribution in [0.25, 0.3) is 0 Å². The summed E-state index contributed by atoms with van der Waals surface area (Å²) in [6, 6.07) is 0. The molecule has 1 nitrogen and oxygen atoms in total. The fraction of sp³-hybridized carbons (Fsp3) is 1.00. The van der Waals surface area contributed by atoms with Crippen molar-refractivity contribution in [2.45, 2.75) is 33.3 Å². The molecular weight excluding hydrogens is 192 g/mol. The van der Waals surface area contributed by atoms with Gasteiger partial charge in [-0.2, -0.15) is 0 Å². The lowest BCUT2D eigenvalue weighted by molar-refractivity contribution is -0.0569. The third-order valence-electron chi connectivity index (χ3n) is 2.29. The van der Waals surface area contributed by atoms with Gasteiger partial charge in [0.1, 0.15) is 0 Å². The highest BCUT2D eigenvalue weighted by Gasteiger charge is 2.36. The SMILES string of the molecule is COC(C)(CBr)C(C)(C)C. The van der Waals surface area contributed by atoms with Crippen LogP contribution < -0.4 is 0 Å². The highest BCUT2D eigenvalue weighted by Crippen LogP contribution is 2.34. The van der Waals surface area contributed by atoms with Crippen LogP contribution in [0, 0.1) is 5.41 Å². The van der Waals surface area contributed by atoms with Crippen LogP contribution >= 0.6 is 15.9 Å².